The molecule has 1 atom stereocenters. The lowest BCUT2D eigenvalue weighted by Crippen LogP contribution is -2.15. The van der Waals surface area contributed by atoms with E-state index in [2.05, 4.69) is 0 Å². The highest BCUT2D eigenvalue weighted by Crippen LogP contribution is 2.32. The molecule has 1 aromatic rings. The zero-order valence-corrected chi connectivity index (χ0v) is 12.3. The summed E-state index contributed by atoms with van der Waals surface area (Å²) in [6.07, 6.45) is 2.39. The fourth-order valence-electron chi connectivity index (χ4n) is 1.61. The van der Waals surface area contributed by atoms with Gasteiger partial charge in [0.05, 0.1) is 22.6 Å². The Kier molecular flexibility index (Phi) is 4.65. The van der Waals surface area contributed by atoms with Crippen LogP contribution in [0.25, 0.3) is 0 Å². The van der Waals surface area contributed by atoms with E-state index in [0.717, 1.165) is 19.3 Å². The molecule has 0 bridgehead atoms. The van der Waals surface area contributed by atoms with Gasteiger partial charge in [-0.1, -0.05) is 24.6 Å². The number of ether oxygens (including phenoxy) is 2. The van der Waals surface area contributed by atoms with Gasteiger partial charge >= 0.3 is 11.9 Å². The molecule has 0 aromatic heterocycles. The molecule has 2 rings (SSSR count). The molecule has 1 saturated carbocycles. The summed E-state index contributed by atoms with van der Waals surface area (Å²) in [5.41, 5.74) is 0.154. The van der Waals surface area contributed by atoms with E-state index in [0.29, 0.717) is 5.75 Å². The van der Waals surface area contributed by atoms with Gasteiger partial charge in [0.15, 0.2) is 0 Å². The van der Waals surface area contributed by atoms with Crippen molar-refractivity contribution in [2.75, 3.05) is 0 Å². The molecular weight excluding hydrogens is 280 g/mol. The van der Waals surface area contributed by atoms with Gasteiger partial charge in [-0.05, 0) is 38.3 Å². The van der Waals surface area contributed by atoms with Crippen molar-refractivity contribution < 1.29 is 19.1 Å². The number of carbonyl (C=O) groups excluding carboxylic acids is 2. The fourth-order valence-corrected chi connectivity index (χ4v) is 1.86. The molecular formula is C15H17ClO4. The molecule has 0 radical (unpaired) electrons. The molecule has 0 spiro atoms. The van der Waals surface area contributed by atoms with Crippen LogP contribution in [-0.4, -0.2) is 18.0 Å². The number of hydrogen-bond acceptors (Lipinski definition) is 4. The normalized spacial score (nSPS) is 15.6. The van der Waals surface area contributed by atoms with E-state index >= 15 is 0 Å². The van der Waals surface area contributed by atoms with Crippen molar-refractivity contribution in [2.24, 2.45) is 5.92 Å². The molecule has 4 nitrogen and oxygen atoms in total. The molecule has 5 heteroatoms. The molecule has 20 heavy (non-hydrogen) atoms. The first kappa shape index (κ1) is 14.9. The molecule has 108 valence electrons. The van der Waals surface area contributed by atoms with Crippen molar-refractivity contribution in [3.05, 3.63) is 28.8 Å². The minimum Gasteiger partial charge on any atom is -0.489 e. The molecule has 1 fully saturated rings. The van der Waals surface area contributed by atoms with Crippen molar-refractivity contribution in [1.82, 2.24) is 0 Å². The van der Waals surface area contributed by atoms with Crippen LogP contribution in [-0.2, 0) is 9.53 Å². The van der Waals surface area contributed by atoms with Crippen molar-refractivity contribution >= 4 is 23.5 Å². The summed E-state index contributed by atoms with van der Waals surface area (Å²) in [6, 6.07) is 4.87. The summed E-state index contributed by atoms with van der Waals surface area (Å²) in [5.74, 6) is -0.896. The van der Waals surface area contributed by atoms with Crippen LogP contribution in [0.3, 0.4) is 0 Å². The second-order valence-electron chi connectivity index (χ2n) is 4.94. The first-order chi connectivity index (χ1) is 9.52. The molecule has 0 unspecified atom stereocenters. The summed E-state index contributed by atoms with van der Waals surface area (Å²) in [4.78, 5) is 23.4. The maximum absolute atomic E-state index is 11.9. The van der Waals surface area contributed by atoms with Crippen LogP contribution in [0, 0.1) is 5.92 Å². The minimum absolute atomic E-state index is 0.00753. The maximum atomic E-state index is 11.9. The lowest BCUT2D eigenvalue weighted by molar-refractivity contribution is -0.139. The molecule has 0 N–H and O–H groups in total. The fraction of sp³-hybridized carbons (Fsp3) is 0.467. The van der Waals surface area contributed by atoms with Gasteiger partial charge in [-0.25, -0.2) is 4.79 Å². The lowest BCUT2D eigenvalue weighted by Gasteiger charge is -2.15. The summed E-state index contributed by atoms with van der Waals surface area (Å²) < 4.78 is 10.4. The van der Waals surface area contributed by atoms with Crippen molar-refractivity contribution in [2.45, 2.75) is 39.2 Å². The second-order valence-corrected chi connectivity index (χ2v) is 5.32. The van der Waals surface area contributed by atoms with Crippen LogP contribution in [0.4, 0.5) is 0 Å². The number of hydrogen-bond donors (Lipinski definition) is 0. The van der Waals surface area contributed by atoms with Gasteiger partial charge in [-0.3, -0.25) is 4.79 Å². The molecule has 0 amide bonds. The minimum atomic E-state index is -0.721. The van der Waals surface area contributed by atoms with Crippen LogP contribution < -0.4 is 4.74 Å². The molecule has 0 aliphatic heterocycles. The third-order valence-electron chi connectivity index (χ3n) is 3.19. The standard InChI is InChI=1S/C15H17ClO4/c1-3-9(2)19-12-6-4-5-11(13(12)16)15(18)20-14(17)10-7-8-10/h4-6,9-10H,3,7-8H2,1-2H3/t9-/m1/s1. The van der Waals surface area contributed by atoms with Crippen molar-refractivity contribution in [3.63, 3.8) is 0 Å². The third kappa shape index (κ3) is 3.51. The highest BCUT2D eigenvalue weighted by atomic mass is 35.5. The summed E-state index contributed by atoms with van der Waals surface area (Å²) >= 11 is 6.15. The number of carbonyl (C=O) groups is 2. The highest BCUT2D eigenvalue weighted by Gasteiger charge is 2.33. The first-order valence-corrected chi connectivity index (χ1v) is 7.12. The largest absolute Gasteiger partial charge is 0.489 e. The number of esters is 2. The average Bonchev–Trinajstić information content (AvgIpc) is 3.25. The molecule has 1 aromatic carbocycles. The van der Waals surface area contributed by atoms with Gasteiger partial charge in [0.25, 0.3) is 0 Å². The summed E-state index contributed by atoms with van der Waals surface area (Å²) in [5, 5.41) is 0.182. The van der Waals surface area contributed by atoms with Crippen LogP contribution in [0.15, 0.2) is 18.2 Å². The zero-order valence-electron chi connectivity index (χ0n) is 11.5. The van der Waals surface area contributed by atoms with Gasteiger partial charge in [0.1, 0.15) is 5.75 Å². The predicted molar refractivity (Wildman–Crippen MR) is 75.0 cm³/mol. The van der Waals surface area contributed by atoms with Gasteiger partial charge in [-0.15, -0.1) is 0 Å². The van der Waals surface area contributed by atoms with Crippen LogP contribution in [0.1, 0.15) is 43.5 Å². The van der Waals surface area contributed by atoms with E-state index in [9.17, 15) is 9.59 Å². The smallest absolute Gasteiger partial charge is 0.347 e. The Bertz CT molecular complexity index is 523. The van der Waals surface area contributed by atoms with E-state index in [-0.39, 0.29) is 22.6 Å². The zero-order chi connectivity index (χ0) is 14.7. The quantitative estimate of drug-likeness (QED) is 0.615. The van der Waals surface area contributed by atoms with E-state index in [4.69, 9.17) is 21.1 Å². The van der Waals surface area contributed by atoms with E-state index in [1.165, 1.54) is 6.07 Å². The number of benzene rings is 1. The Morgan fingerprint density at radius 2 is 2.10 bits per heavy atom. The predicted octanol–water partition coefficient (Wildman–Crippen LogP) is 3.61. The van der Waals surface area contributed by atoms with Crippen LogP contribution >= 0.6 is 11.6 Å². The maximum Gasteiger partial charge on any atom is 0.347 e. The van der Waals surface area contributed by atoms with E-state index in [1.807, 2.05) is 13.8 Å². The highest BCUT2D eigenvalue weighted by molar-refractivity contribution is 6.35. The first-order valence-electron chi connectivity index (χ1n) is 6.74. The van der Waals surface area contributed by atoms with Crippen LogP contribution in [0.5, 0.6) is 5.75 Å². The van der Waals surface area contributed by atoms with Gasteiger partial charge < -0.3 is 9.47 Å². The topological polar surface area (TPSA) is 52.6 Å². The van der Waals surface area contributed by atoms with Crippen molar-refractivity contribution in [3.8, 4) is 5.75 Å². The molecule has 0 saturated heterocycles. The van der Waals surface area contributed by atoms with Gasteiger partial charge in [0.2, 0.25) is 0 Å². The van der Waals surface area contributed by atoms with Crippen LogP contribution in [0.2, 0.25) is 5.02 Å². The van der Waals surface area contributed by atoms with Crippen molar-refractivity contribution in [1.29, 1.82) is 0 Å². The van der Waals surface area contributed by atoms with E-state index in [1.54, 1.807) is 12.1 Å². The SMILES string of the molecule is CC[C@@H](C)Oc1cccc(C(=O)OC(=O)C2CC2)c1Cl. The third-order valence-corrected chi connectivity index (χ3v) is 3.58. The average molecular weight is 297 g/mol. The molecule has 1 aliphatic carbocycles. The number of halogens is 1. The lowest BCUT2D eigenvalue weighted by atomic mass is 10.2. The van der Waals surface area contributed by atoms with Gasteiger partial charge in [-0.2, -0.15) is 0 Å². The number of rotatable bonds is 5. The Balaban J connectivity index is 2.12. The Morgan fingerprint density at radius 3 is 2.70 bits per heavy atom. The summed E-state index contributed by atoms with van der Waals surface area (Å²) in [6.45, 7) is 3.91. The Morgan fingerprint density at radius 1 is 1.40 bits per heavy atom. The Hall–Kier alpha value is -1.55. The van der Waals surface area contributed by atoms with E-state index < -0.39 is 11.9 Å². The monoisotopic (exact) mass is 296 g/mol. The summed E-state index contributed by atoms with van der Waals surface area (Å²) in [7, 11) is 0. The Labute approximate surface area is 123 Å². The molecule has 0 heterocycles. The van der Waals surface area contributed by atoms with Gasteiger partial charge in [0, 0.05) is 0 Å². The second kappa shape index (κ2) is 6.27. The molecule has 1 aliphatic rings.